The molecule has 2 N–H and O–H groups in total. The molecule has 2 bridgehead atoms. The van der Waals surface area contributed by atoms with Crippen LogP contribution < -0.4 is 10.1 Å². The number of hydrogen-bond acceptors (Lipinski definition) is 7. The zero-order valence-electron chi connectivity index (χ0n) is 16.7. The molecule has 0 aliphatic carbocycles. The number of benzene rings is 1. The van der Waals surface area contributed by atoms with Crippen molar-refractivity contribution in [2.24, 2.45) is 0 Å². The van der Waals surface area contributed by atoms with Crippen LogP contribution in [0, 0.1) is 6.92 Å². The molecule has 1 aromatic carbocycles. The second-order valence-electron chi connectivity index (χ2n) is 7.94. The van der Waals surface area contributed by atoms with Gasteiger partial charge in [0, 0.05) is 24.7 Å². The van der Waals surface area contributed by atoms with Gasteiger partial charge in [0.15, 0.2) is 23.5 Å². The first kappa shape index (κ1) is 21.1. The number of nitrogens with one attached hydrogen (secondary N) is 1. The van der Waals surface area contributed by atoms with Gasteiger partial charge in [-0.25, -0.2) is 22.2 Å². The van der Waals surface area contributed by atoms with Gasteiger partial charge < -0.3 is 15.2 Å². The standard InChI is InChI=1S/C20H19F4N5O2S/c1-8-4-5-29(28-8)9-2-3-10(12(30)6-9)19-26-27-20(32-19)31-13-7-11-14(21)16(23)17(24)18(25-11)15(13)22/h2-6,11,13-18,25,30H,7H2,1H3. The number of piperidine rings is 2. The first-order chi connectivity index (χ1) is 15.3. The molecule has 0 saturated carbocycles. The largest absolute Gasteiger partial charge is 0.507 e. The monoisotopic (exact) mass is 469 g/mol. The van der Waals surface area contributed by atoms with Crippen molar-refractivity contribution in [1.29, 1.82) is 0 Å². The number of nitrogens with zero attached hydrogens (tertiary/aromatic N) is 4. The summed E-state index contributed by atoms with van der Waals surface area (Å²) in [5.74, 6) is -0.0624. The molecular weight excluding hydrogens is 450 g/mol. The second kappa shape index (κ2) is 8.00. The van der Waals surface area contributed by atoms with Crippen molar-refractivity contribution in [3.8, 4) is 27.2 Å². The van der Waals surface area contributed by atoms with E-state index in [1.807, 2.05) is 13.0 Å². The maximum absolute atomic E-state index is 14.7. The number of alkyl halides is 4. The average Bonchev–Trinajstić information content (AvgIpc) is 3.42. The third-order valence-electron chi connectivity index (χ3n) is 5.78. The number of ether oxygens (including phenoxy) is 1. The maximum atomic E-state index is 14.7. The van der Waals surface area contributed by atoms with E-state index in [0.717, 1.165) is 17.0 Å². The highest BCUT2D eigenvalue weighted by Crippen LogP contribution is 2.38. The molecule has 2 aliphatic heterocycles. The van der Waals surface area contributed by atoms with Crippen LogP contribution in [-0.2, 0) is 0 Å². The van der Waals surface area contributed by atoms with Crippen LogP contribution in [0.1, 0.15) is 12.1 Å². The average molecular weight is 469 g/mol. The lowest BCUT2D eigenvalue weighted by atomic mass is 9.81. The molecule has 3 aromatic rings. The number of phenols is 1. The smallest absolute Gasteiger partial charge is 0.294 e. The molecule has 170 valence electrons. The predicted molar refractivity (Wildman–Crippen MR) is 108 cm³/mol. The Labute approximate surface area is 184 Å². The van der Waals surface area contributed by atoms with Crippen LogP contribution in [0.3, 0.4) is 0 Å². The summed E-state index contributed by atoms with van der Waals surface area (Å²) in [7, 11) is 0. The third-order valence-corrected chi connectivity index (χ3v) is 6.63. The molecule has 2 saturated heterocycles. The quantitative estimate of drug-likeness (QED) is 0.571. The van der Waals surface area contributed by atoms with E-state index >= 15 is 0 Å². The zero-order chi connectivity index (χ0) is 22.6. The van der Waals surface area contributed by atoms with Crippen LogP contribution in [0.2, 0.25) is 0 Å². The Morgan fingerprint density at radius 1 is 1.09 bits per heavy atom. The van der Waals surface area contributed by atoms with Crippen molar-refractivity contribution >= 4 is 11.3 Å². The number of phenolic OH excluding ortho intramolecular Hbond substituents is 1. The lowest BCUT2D eigenvalue weighted by molar-refractivity contribution is -0.0833. The number of aromatic hydroxyl groups is 1. The summed E-state index contributed by atoms with van der Waals surface area (Å²) in [5.41, 5.74) is 1.86. The van der Waals surface area contributed by atoms with Gasteiger partial charge in [-0.15, -0.1) is 5.10 Å². The number of aryl methyl sites for hydroxylation is 1. The number of hydrogen-bond donors (Lipinski definition) is 2. The number of aromatic nitrogens is 4. The predicted octanol–water partition coefficient (Wildman–Crippen LogP) is 3.25. The SMILES string of the molecule is Cc1ccn(-c2ccc(-c3nnc(OC4CC5NC(C4F)C(F)C(F)C5F)s3)c(O)c2)n1. The molecule has 0 radical (unpaired) electrons. The Bertz CT molecular complexity index is 1130. The van der Waals surface area contributed by atoms with Crippen molar-refractivity contribution in [3.63, 3.8) is 0 Å². The minimum absolute atomic E-state index is 0.0126. The molecule has 2 aliphatic rings. The molecule has 7 unspecified atom stereocenters. The molecule has 0 amide bonds. The molecule has 2 aromatic heterocycles. The van der Waals surface area contributed by atoms with Gasteiger partial charge in [-0.2, -0.15) is 5.10 Å². The third kappa shape index (κ3) is 3.60. The molecule has 32 heavy (non-hydrogen) atoms. The van der Waals surface area contributed by atoms with Gasteiger partial charge in [-0.3, -0.25) is 0 Å². The summed E-state index contributed by atoms with van der Waals surface area (Å²) in [4.78, 5) is 0. The molecule has 7 atom stereocenters. The van der Waals surface area contributed by atoms with Crippen molar-refractivity contribution in [3.05, 3.63) is 36.2 Å². The Morgan fingerprint density at radius 2 is 1.91 bits per heavy atom. The van der Waals surface area contributed by atoms with Crippen molar-refractivity contribution in [2.75, 3.05) is 0 Å². The van der Waals surface area contributed by atoms with E-state index in [0.29, 0.717) is 16.3 Å². The number of halogens is 4. The van der Waals surface area contributed by atoms with Gasteiger partial charge in [0.25, 0.3) is 5.19 Å². The Balaban J connectivity index is 1.33. The molecule has 2 fully saturated rings. The first-order valence-corrected chi connectivity index (χ1v) is 10.8. The Hall–Kier alpha value is -2.73. The van der Waals surface area contributed by atoms with Gasteiger partial charge >= 0.3 is 0 Å². The highest BCUT2D eigenvalue weighted by molar-refractivity contribution is 7.16. The van der Waals surface area contributed by atoms with Crippen molar-refractivity contribution in [2.45, 2.75) is 56.2 Å². The van der Waals surface area contributed by atoms with Crippen LogP contribution >= 0.6 is 11.3 Å². The van der Waals surface area contributed by atoms with E-state index in [-0.39, 0.29) is 17.4 Å². The fraction of sp³-hybridized carbons (Fsp3) is 0.450. The van der Waals surface area contributed by atoms with E-state index in [9.17, 15) is 22.7 Å². The fourth-order valence-corrected chi connectivity index (χ4v) is 4.90. The molecule has 4 heterocycles. The number of fused-ring (bicyclic) bond motifs is 2. The van der Waals surface area contributed by atoms with Crippen LogP contribution in [0.5, 0.6) is 10.9 Å². The second-order valence-corrected chi connectivity index (χ2v) is 8.88. The van der Waals surface area contributed by atoms with E-state index in [1.165, 1.54) is 6.07 Å². The summed E-state index contributed by atoms with van der Waals surface area (Å²) in [6, 6.07) is 4.19. The van der Waals surface area contributed by atoms with Gasteiger partial charge in [0.2, 0.25) is 0 Å². The lowest BCUT2D eigenvalue weighted by Crippen LogP contribution is -2.70. The molecule has 7 nitrogen and oxygen atoms in total. The van der Waals surface area contributed by atoms with E-state index in [2.05, 4.69) is 20.6 Å². The minimum Gasteiger partial charge on any atom is -0.507 e. The Kier molecular flexibility index (Phi) is 5.28. The zero-order valence-corrected chi connectivity index (χ0v) is 17.5. The lowest BCUT2D eigenvalue weighted by Gasteiger charge is -2.46. The highest BCUT2D eigenvalue weighted by Gasteiger charge is 2.55. The first-order valence-electron chi connectivity index (χ1n) is 10.0. The summed E-state index contributed by atoms with van der Waals surface area (Å²) in [6.07, 6.45) is -8.25. The van der Waals surface area contributed by atoms with Crippen LogP contribution in [-0.4, -0.2) is 68.0 Å². The summed E-state index contributed by atoms with van der Waals surface area (Å²) in [5, 5.41) is 25.4. The Morgan fingerprint density at radius 3 is 2.62 bits per heavy atom. The number of rotatable bonds is 4. The van der Waals surface area contributed by atoms with Crippen molar-refractivity contribution < 1.29 is 27.4 Å². The van der Waals surface area contributed by atoms with Crippen LogP contribution in [0.15, 0.2) is 30.5 Å². The maximum Gasteiger partial charge on any atom is 0.294 e. The molecule has 5 rings (SSSR count). The summed E-state index contributed by atoms with van der Waals surface area (Å²) < 4.78 is 63.8. The van der Waals surface area contributed by atoms with Gasteiger partial charge in [0.1, 0.15) is 18.0 Å². The van der Waals surface area contributed by atoms with E-state index < -0.39 is 42.9 Å². The fourth-order valence-electron chi connectivity index (χ4n) is 4.11. The summed E-state index contributed by atoms with van der Waals surface area (Å²) in [6.45, 7) is 1.85. The van der Waals surface area contributed by atoms with Gasteiger partial charge in [-0.1, -0.05) is 16.4 Å². The van der Waals surface area contributed by atoms with E-state index in [1.54, 1.807) is 23.0 Å². The van der Waals surface area contributed by atoms with Crippen LogP contribution in [0.4, 0.5) is 17.6 Å². The molecule has 0 spiro atoms. The van der Waals surface area contributed by atoms with Gasteiger partial charge in [-0.05, 0) is 25.1 Å². The van der Waals surface area contributed by atoms with Crippen molar-refractivity contribution in [1.82, 2.24) is 25.3 Å². The van der Waals surface area contributed by atoms with Crippen LogP contribution in [0.25, 0.3) is 16.3 Å². The summed E-state index contributed by atoms with van der Waals surface area (Å²) >= 11 is 0.956. The van der Waals surface area contributed by atoms with E-state index in [4.69, 9.17) is 4.74 Å². The molecule has 12 heteroatoms. The molecular formula is C20H19F4N5O2S. The van der Waals surface area contributed by atoms with Gasteiger partial charge in [0.05, 0.1) is 23.0 Å². The normalized spacial score (nSPS) is 32.1. The minimum atomic E-state index is -2.37. The highest BCUT2D eigenvalue weighted by atomic mass is 32.1. The topological polar surface area (TPSA) is 85.1 Å².